The highest BCUT2D eigenvalue weighted by atomic mass is 16.7. The van der Waals surface area contributed by atoms with Crippen LogP contribution < -0.4 is 0 Å². The van der Waals surface area contributed by atoms with Crippen LogP contribution in [0.5, 0.6) is 0 Å². The molecule has 0 aromatic rings. The molecule has 3 aliphatic heterocycles. The van der Waals surface area contributed by atoms with E-state index in [4.69, 9.17) is 18.9 Å². The van der Waals surface area contributed by atoms with E-state index in [-0.39, 0.29) is 47.3 Å². The highest BCUT2D eigenvalue weighted by Gasteiger charge is 2.83. The van der Waals surface area contributed by atoms with Crippen LogP contribution in [0, 0.1) is 17.3 Å². The summed E-state index contributed by atoms with van der Waals surface area (Å²) in [6.07, 6.45) is 3.56. The topological polar surface area (TPSA) is 77.7 Å². The molecule has 142 valence electrons. The molecule has 2 saturated carbocycles. The number of hydrogen-bond donors (Lipinski definition) is 0. The summed E-state index contributed by atoms with van der Waals surface area (Å²) < 4.78 is 23.6. The molecule has 0 amide bonds. The molecule has 0 aromatic carbocycles. The van der Waals surface area contributed by atoms with Gasteiger partial charge in [0.1, 0.15) is 23.9 Å². The fraction of sp³-hybridized carbons (Fsp3) is 0.800. The van der Waals surface area contributed by atoms with Gasteiger partial charge in [0.25, 0.3) is 0 Å². The minimum Gasteiger partial charge on any atom is -0.459 e. The van der Waals surface area contributed by atoms with E-state index in [0.29, 0.717) is 5.57 Å². The summed E-state index contributed by atoms with van der Waals surface area (Å²) in [5.74, 6) is -0.982. The lowest BCUT2D eigenvalue weighted by Crippen LogP contribution is -2.58. The lowest BCUT2D eigenvalue weighted by atomic mass is 9.52. The summed E-state index contributed by atoms with van der Waals surface area (Å²) in [6.45, 7) is 9.52. The van der Waals surface area contributed by atoms with E-state index in [1.54, 1.807) is 26.8 Å². The van der Waals surface area contributed by atoms with Gasteiger partial charge in [0.2, 0.25) is 5.60 Å². The van der Waals surface area contributed by atoms with Crippen molar-refractivity contribution in [2.75, 3.05) is 0 Å². The lowest BCUT2D eigenvalue weighted by molar-refractivity contribution is -0.170. The van der Waals surface area contributed by atoms with Crippen molar-refractivity contribution < 1.29 is 28.5 Å². The van der Waals surface area contributed by atoms with Crippen LogP contribution in [-0.2, 0) is 28.5 Å². The van der Waals surface area contributed by atoms with Gasteiger partial charge in [-0.2, -0.15) is 0 Å². The van der Waals surface area contributed by atoms with E-state index >= 15 is 0 Å². The Labute approximate surface area is 153 Å². The molecule has 2 aliphatic carbocycles. The maximum atomic E-state index is 12.8. The van der Waals surface area contributed by atoms with Crippen molar-refractivity contribution in [2.24, 2.45) is 17.3 Å². The van der Waals surface area contributed by atoms with Crippen LogP contribution >= 0.6 is 0 Å². The molecule has 0 N–H and O–H groups in total. The molecule has 0 aromatic heterocycles. The quantitative estimate of drug-likeness (QED) is 0.426. The Hall–Kier alpha value is -1.40. The molecule has 0 spiro atoms. The van der Waals surface area contributed by atoms with Crippen LogP contribution in [0.1, 0.15) is 47.5 Å². The predicted molar refractivity (Wildman–Crippen MR) is 90.1 cm³/mol. The van der Waals surface area contributed by atoms with Crippen LogP contribution in [0.3, 0.4) is 0 Å². The zero-order chi connectivity index (χ0) is 18.6. The van der Waals surface area contributed by atoms with Crippen molar-refractivity contribution in [1.29, 1.82) is 0 Å². The van der Waals surface area contributed by atoms with Crippen molar-refractivity contribution >= 4 is 11.9 Å². The second-order valence-electron chi connectivity index (χ2n) is 9.21. The molecule has 5 aliphatic rings. The molecule has 0 bridgehead atoms. The molecule has 9 atom stereocenters. The Morgan fingerprint density at radius 1 is 1.23 bits per heavy atom. The smallest absolute Gasteiger partial charge is 0.351 e. The molecule has 3 heterocycles. The number of epoxide rings is 2. The SMILES string of the molecule is C/C=C(\C)C(=O)O[C@]1(C)C(=O)O[C@@H]2[C@H]1CC[C@]1(C)[C@@H]3O[C@@H]3[C@@H]3O[C@]3(C)[C@@H]21. The van der Waals surface area contributed by atoms with Crippen molar-refractivity contribution in [3.63, 3.8) is 0 Å². The Kier molecular flexibility index (Phi) is 3.03. The maximum absolute atomic E-state index is 12.8. The minimum absolute atomic E-state index is 0.0646. The molecule has 5 rings (SSSR count). The Morgan fingerprint density at radius 3 is 2.65 bits per heavy atom. The van der Waals surface area contributed by atoms with Crippen LogP contribution in [0.15, 0.2) is 11.6 Å². The van der Waals surface area contributed by atoms with Crippen molar-refractivity contribution in [3.8, 4) is 0 Å². The minimum atomic E-state index is -1.24. The number of rotatable bonds is 2. The zero-order valence-corrected chi connectivity index (χ0v) is 15.9. The molecule has 3 saturated heterocycles. The first-order valence-corrected chi connectivity index (χ1v) is 9.57. The standard InChI is InChI=1S/C20H26O6/c1-6-9(2)16(21)26-19(4)10-7-8-18(3)13(11(10)24-17(19)22)20(5)15(25-20)12-14(18)23-12/h6,10-15H,7-8H2,1-5H3/b9-6+/t10-,11-,12+,13+,14-,15+,18+,19+,20-/m1/s1. The fourth-order valence-electron chi connectivity index (χ4n) is 6.10. The third-order valence-corrected chi connectivity index (χ3v) is 7.83. The summed E-state index contributed by atoms with van der Waals surface area (Å²) in [4.78, 5) is 25.2. The van der Waals surface area contributed by atoms with E-state index in [9.17, 15) is 9.59 Å². The molecule has 5 fully saturated rings. The van der Waals surface area contributed by atoms with Crippen molar-refractivity contribution in [1.82, 2.24) is 0 Å². The third-order valence-electron chi connectivity index (χ3n) is 7.83. The summed E-state index contributed by atoms with van der Waals surface area (Å²) in [5.41, 5.74) is -1.13. The van der Waals surface area contributed by atoms with E-state index in [1.807, 2.05) is 0 Å². The number of carbonyl (C=O) groups is 2. The Bertz CT molecular complexity index is 745. The lowest BCUT2D eigenvalue weighted by Gasteiger charge is -2.50. The molecule has 6 nitrogen and oxygen atoms in total. The first-order valence-electron chi connectivity index (χ1n) is 9.57. The summed E-state index contributed by atoms with van der Waals surface area (Å²) in [7, 11) is 0. The van der Waals surface area contributed by atoms with Gasteiger partial charge >= 0.3 is 11.9 Å². The van der Waals surface area contributed by atoms with Gasteiger partial charge in [0, 0.05) is 22.8 Å². The normalized spacial score (nSPS) is 56.5. The number of esters is 2. The van der Waals surface area contributed by atoms with Gasteiger partial charge < -0.3 is 18.9 Å². The van der Waals surface area contributed by atoms with Gasteiger partial charge in [-0.15, -0.1) is 0 Å². The molecule has 0 unspecified atom stereocenters. The van der Waals surface area contributed by atoms with E-state index in [0.717, 1.165) is 12.8 Å². The van der Waals surface area contributed by atoms with E-state index < -0.39 is 17.5 Å². The van der Waals surface area contributed by atoms with Gasteiger partial charge in [-0.25, -0.2) is 9.59 Å². The largest absolute Gasteiger partial charge is 0.459 e. The first kappa shape index (κ1) is 16.8. The average Bonchev–Trinajstić information content (AvgIpc) is 3.46. The predicted octanol–water partition coefficient (Wildman–Crippen LogP) is 2.15. The average molecular weight is 362 g/mol. The summed E-state index contributed by atoms with van der Waals surface area (Å²) in [5, 5.41) is 0. The molecular formula is C20H26O6. The number of ether oxygens (including phenoxy) is 4. The van der Waals surface area contributed by atoms with Gasteiger partial charge in [-0.1, -0.05) is 13.0 Å². The Morgan fingerprint density at radius 2 is 1.96 bits per heavy atom. The fourth-order valence-corrected chi connectivity index (χ4v) is 6.10. The number of allylic oxidation sites excluding steroid dienone is 1. The first-order chi connectivity index (χ1) is 12.2. The molecule has 26 heavy (non-hydrogen) atoms. The van der Waals surface area contributed by atoms with Gasteiger partial charge in [-0.3, -0.25) is 0 Å². The van der Waals surface area contributed by atoms with Crippen molar-refractivity contribution in [3.05, 3.63) is 11.6 Å². The zero-order valence-electron chi connectivity index (χ0n) is 15.9. The van der Waals surface area contributed by atoms with Gasteiger partial charge in [0.05, 0.1) is 6.10 Å². The highest BCUT2D eigenvalue weighted by Crippen LogP contribution is 2.71. The third kappa shape index (κ3) is 1.80. The van der Waals surface area contributed by atoms with Crippen LogP contribution in [0.4, 0.5) is 0 Å². The summed E-state index contributed by atoms with van der Waals surface area (Å²) >= 11 is 0. The Balaban J connectivity index is 1.48. The highest BCUT2D eigenvalue weighted by molar-refractivity contribution is 5.92. The van der Waals surface area contributed by atoms with Crippen LogP contribution in [-0.4, -0.2) is 47.6 Å². The summed E-state index contributed by atoms with van der Waals surface area (Å²) in [6, 6.07) is 0. The molecule has 6 heteroatoms. The van der Waals surface area contributed by atoms with E-state index in [1.165, 1.54) is 0 Å². The second-order valence-corrected chi connectivity index (χ2v) is 9.21. The number of hydrogen-bond acceptors (Lipinski definition) is 6. The molecule has 0 radical (unpaired) electrons. The van der Waals surface area contributed by atoms with Crippen LogP contribution in [0.25, 0.3) is 0 Å². The van der Waals surface area contributed by atoms with Crippen molar-refractivity contribution in [2.45, 2.75) is 83.1 Å². The van der Waals surface area contributed by atoms with Gasteiger partial charge in [0.15, 0.2) is 0 Å². The van der Waals surface area contributed by atoms with E-state index in [2.05, 4.69) is 13.8 Å². The monoisotopic (exact) mass is 362 g/mol. The van der Waals surface area contributed by atoms with Crippen LogP contribution in [0.2, 0.25) is 0 Å². The maximum Gasteiger partial charge on any atom is 0.351 e. The number of fused-ring (bicyclic) bond motifs is 8. The van der Waals surface area contributed by atoms with Gasteiger partial charge in [-0.05, 0) is 40.5 Å². The number of carbonyl (C=O) groups excluding carboxylic acids is 2. The second kappa shape index (κ2) is 4.71. The molecular weight excluding hydrogens is 336 g/mol.